The van der Waals surface area contributed by atoms with Crippen LogP contribution in [0, 0.1) is 6.92 Å². The molecule has 34 heavy (non-hydrogen) atoms. The number of nitrogens with two attached hydrogens (primary N) is 1. The van der Waals surface area contributed by atoms with Gasteiger partial charge in [-0.1, -0.05) is 13.8 Å². The molecule has 1 unspecified atom stereocenters. The fourth-order valence-electron chi connectivity index (χ4n) is 3.99. The average Bonchev–Trinajstić information content (AvgIpc) is 3.19. The van der Waals surface area contributed by atoms with Crippen molar-refractivity contribution in [1.29, 1.82) is 0 Å². The lowest BCUT2D eigenvalue weighted by Gasteiger charge is -2.33. The number of aliphatic imine (C=N–C) groups is 1. The van der Waals surface area contributed by atoms with Gasteiger partial charge in [0.15, 0.2) is 6.23 Å². The lowest BCUT2D eigenvalue weighted by Crippen LogP contribution is -2.48. The van der Waals surface area contributed by atoms with Gasteiger partial charge in [0.05, 0.1) is 17.1 Å². The molecule has 0 saturated carbocycles. The number of likely N-dealkylation sites (N-methyl/N-ethyl adjacent to an activating group) is 1. The number of aromatic nitrogens is 2. The van der Waals surface area contributed by atoms with E-state index >= 15 is 0 Å². The number of aromatic amines is 1. The molecule has 2 aromatic rings. The fourth-order valence-corrected chi connectivity index (χ4v) is 5.44. The summed E-state index contributed by atoms with van der Waals surface area (Å²) >= 11 is 0. The lowest BCUT2D eigenvalue weighted by molar-refractivity contribution is 0.183. The van der Waals surface area contributed by atoms with Crippen molar-refractivity contribution in [3.8, 4) is 5.75 Å². The SMILES string of the molecule is CCCc1nc(C(O)N=C(N)c2cc(S(=O)(=O)N3CCN(CC)CC3)ccc2OCC)c(C)[nH]1. The quantitative estimate of drug-likeness (QED) is 0.340. The third-order valence-electron chi connectivity index (χ3n) is 5.91. The number of ether oxygens (including phenoxy) is 1. The molecule has 3 rings (SSSR count). The number of benzene rings is 1. The van der Waals surface area contributed by atoms with Crippen LogP contribution in [0.3, 0.4) is 0 Å². The molecule has 1 saturated heterocycles. The Bertz CT molecular complexity index is 1110. The molecule has 1 aromatic carbocycles. The van der Waals surface area contributed by atoms with Gasteiger partial charge in [-0.3, -0.25) is 0 Å². The molecule has 0 radical (unpaired) electrons. The second-order valence-corrected chi connectivity index (χ2v) is 10.2. The molecule has 1 aliphatic rings. The van der Waals surface area contributed by atoms with Gasteiger partial charge < -0.3 is 25.5 Å². The second-order valence-electron chi connectivity index (χ2n) is 8.26. The molecular weight excluding hydrogens is 456 g/mol. The predicted molar refractivity (Wildman–Crippen MR) is 131 cm³/mol. The van der Waals surface area contributed by atoms with Gasteiger partial charge in [-0.25, -0.2) is 18.4 Å². The van der Waals surface area contributed by atoms with Gasteiger partial charge in [0.25, 0.3) is 0 Å². The summed E-state index contributed by atoms with van der Waals surface area (Å²) in [7, 11) is -3.71. The molecule has 1 fully saturated rings. The Morgan fingerprint density at radius 1 is 1.26 bits per heavy atom. The fraction of sp³-hybridized carbons (Fsp3) is 0.565. The maximum absolute atomic E-state index is 13.3. The summed E-state index contributed by atoms with van der Waals surface area (Å²) in [6, 6.07) is 4.58. The topological polar surface area (TPSA) is 137 Å². The van der Waals surface area contributed by atoms with E-state index in [2.05, 4.69) is 26.8 Å². The van der Waals surface area contributed by atoms with Crippen LogP contribution in [0.15, 0.2) is 28.1 Å². The van der Waals surface area contributed by atoms with Crippen LogP contribution in [0.4, 0.5) is 0 Å². The highest BCUT2D eigenvalue weighted by Gasteiger charge is 2.29. The van der Waals surface area contributed by atoms with Crippen LogP contribution in [-0.4, -0.2) is 77.9 Å². The van der Waals surface area contributed by atoms with Crippen molar-refractivity contribution in [3.05, 3.63) is 41.0 Å². The minimum absolute atomic E-state index is 0.0248. The number of amidine groups is 1. The van der Waals surface area contributed by atoms with Crippen molar-refractivity contribution in [2.75, 3.05) is 39.3 Å². The Kier molecular flexibility index (Phi) is 8.69. The van der Waals surface area contributed by atoms with E-state index in [4.69, 9.17) is 10.5 Å². The molecule has 2 heterocycles. The van der Waals surface area contributed by atoms with Crippen molar-refractivity contribution >= 4 is 15.9 Å². The summed E-state index contributed by atoms with van der Waals surface area (Å²) in [6.07, 6.45) is 0.382. The Balaban J connectivity index is 1.92. The van der Waals surface area contributed by atoms with Crippen LogP contribution in [-0.2, 0) is 16.4 Å². The van der Waals surface area contributed by atoms with E-state index in [0.29, 0.717) is 55.5 Å². The minimum atomic E-state index is -3.71. The summed E-state index contributed by atoms with van der Waals surface area (Å²) in [6.45, 7) is 11.3. The van der Waals surface area contributed by atoms with E-state index in [1.54, 1.807) is 6.07 Å². The molecule has 0 aliphatic carbocycles. The summed E-state index contributed by atoms with van der Waals surface area (Å²) in [5.41, 5.74) is 7.68. The van der Waals surface area contributed by atoms with Gasteiger partial charge in [-0.15, -0.1) is 0 Å². The van der Waals surface area contributed by atoms with Crippen LogP contribution in [0.5, 0.6) is 5.75 Å². The van der Waals surface area contributed by atoms with Crippen LogP contribution in [0.25, 0.3) is 0 Å². The van der Waals surface area contributed by atoms with E-state index in [-0.39, 0.29) is 10.7 Å². The third kappa shape index (κ3) is 5.77. The van der Waals surface area contributed by atoms with Crippen molar-refractivity contribution in [1.82, 2.24) is 19.2 Å². The van der Waals surface area contributed by atoms with E-state index in [1.165, 1.54) is 16.4 Å². The molecule has 0 spiro atoms. The van der Waals surface area contributed by atoms with Gasteiger partial charge in [0, 0.05) is 38.3 Å². The standard InChI is InChI=1S/C23H36N6O4S/c1-5-8-20-25-16(4)21(26-20)23(30)27-22(24)18-15-17(9-10-19(18)33-7-3)34(31,32)29-13-11-28(6-2)12-14-29/h9-10,15,23,30H,5-8,11-14H2,1-4H3,(H2,24,27)(H,25,26). The molecule has 1 atom stereocenters. The number of aliphatic hydroxyl groups excluding tert-OH is 1. The van der Waals surface area contributed by atoms with Crippen molar-refractivity contribution < 1.29 is 18.3 Å². The van der Waals surface area contributed by atoms with Crippen molar-refractivity contribution in [3.63, 3.8) is 0 Å². The smallest absolute Gasteiger partial charge is 0.243 e. The molecule has 11 heteroatoms. The van der Waals surface area contributed by atoms with E-state index < -0.39 is 16.3 Å². The highest BCUT2D eigenvalue weighted by Crippen LogP contribution is 2.27. The van der Waals surface area contributed by atoms with Crippen LogP contribution < -0.4 is 10.5 Å². The average molecular weight is 493 g/mol. The van der Waals surface area contributed by atoms with Crippen LogP contribution in [0.2, 0.25) is 0 Å². The second kappa shape index (κ2) is 11.3. The number of hydrogen-bond acceptors (Lipinski definition) is 7. The van der Waals surface area contributed by atoms with E-state index in [1.807, 2.05) is 20.8 Å². The third-order valence-corrected chi connectivity index (χ3v) is 7.80. The molecule has 0 amide bonds. The van der Waals surface area contributed by atoms with Crippen molar-refractivity contribution in [2.45, 2.75) is 51.7 Å². The first-order valence-corrected chi connectivity index (χ1v) is 13.2. The Hall–Kier alpha value is -2.47. The number of hydrogen-bond donors (Lipinski definition) is 3. The summed E-state index contributed by atoms with van der Waals surface area (Å²) in [5, 5.41) is 10.7. The monoisotopic (exact) mass is 492 g/mol. The van der Waals surface area contributed by atoms with Crippen molar-refractivity contribution in [2.24, 2.45) is 10.7 Å². The number of aryl methyl sites for hydroxylation is 2. The molecule has 188 valence electrons. The Labute approximate surface area is 201 Å². The largest absolute Gasteiger partial charge is 0.493 e. The zero-order chi connectivity index (χ0) is 24.9. The maximum Gasteiger partial charge on any atom is 0.243 e. The summed E-state index contributed by atoms with van der Waals surface area (Å²) in [5.74, 6) is 1.15. The van der Waals surface area contributed by atoms with Gasteiger partial charge >= 0.3 is 0 Å². The number of nitrogens with zero attached hydrogens (tertiary/aromatic N) is 4. The first kappa shape index (κ1) is 26.1. The summed E-state index contributed by atoms with van der Waals surface area (Å²) in [4.78, 5) is 14.1. The first-order valence-electron chi connectivity index (χ1n) is 11.8. The molecular formula is C23H36N6O4S. The first-order chi connectivity index (χ1) is 16.2. The van der Waals surface area contributed by atoms with Gasteiger partial charge in [0.1, 0.15) is 23.1 Å². The number of piperazine rings is 1. The lowest BCUT2D eigenvalue weighted by atomic mass is 10.2. The van der Waals surface area contributed by atoms with Crippen LogP contribution in [0.1, 0.15) is 56.2 Å². The summed E-state index contributed by atoms with van der Waals surface area (Å²) < 4.78 is 33.8. The van der Waals surface area contributed by atoms with Gasteiger partial charge in [-0.2, -0.15) is 4.31 Å². The van der Waals surface area contributed by atoms with E-state index in [0.717, 1.165) is 25.2 Å². The highest BCUT2D eigenvalue weighted by molar-refractivity contribution is 7.89. The molecule has 4 N–H and O–H groups in total. The zero-order valence-corrected chi connectivity index (χ0v) is 21.2. The van der Waals surface area contributed by atoms with Gasteiger partial charge in [-0.05, 0) is 45.0 Å². The zero-order valence-electron chi connectivity index (χ0n) is 20.4. The minimum Gasteiger partial charge on any atom is -0.493 e. The number of nitrogens with one attached hydrogen (secondary N) is 1. The normalized spacial score (nSPS) is 17.1. The Morgan fingerprint density at radius 2 is 1.97 bits per heavy atom. The van der Waals surface area contributed by atoms with Gasteiger partial charge in [0.2, 0.25) is 10.0 Å². The number of rotatable bonds is 10. The molecule has 10 nitrogen and oxygen atoms in total. The maximum atomic E-state index is 13.3. The highest BCUT2D eigenvalue weighted by atomic mass is 32.2. The van der Waals surface area contributed by atoms with E-state index in [9.17, 15) is 13.5 Å². The number of imidazole rings is 1. The molecule has 0 bridgehead atoms. The number of H-pyrrole nitrogens is 1. The number of sulfonamides is 1. The Morgan fingerprint density at radius 3 is 2.59 bits per heavy atom. The number of aliphatic hydroxyl groups is 1. The molecule has 1 aromatic heterocycles. The van der Waals surface area contributed by atoms with Crippen LogP contribution >= 0.6 is 0 Å². The predicted octanol–water partition coefficient (Wildman–Crippen LogP) is 1.79. The molecule has 1 aliphatic heterocycles.